The maximum Gasteiger partial charge on any atom is 0.254 e. The number of benzene rings is 2. The highest BCUT2D eigenvalue weighted by Crippen LogP contribution is 2.23. The van der Waals surface area contributed by atoms with E-state index in [0.717, 1.165) is 11.9 Å². The number of hydrogen-bond donors (Lipinski definition) is 1. The fourth-order valence-electron chi connectivity index (χ4n) is 3.17. The van der Waals surface area contributed by atoms with Crippen LogP contribution in [0.2, 0.25) is 0 Å². The molecule has 27 heavy (non-hydrogen) atoms. The van der Waals surface area contributed by atoms with Gasteiger partial charge in [-0.1, -0.05) is 6.07 Å². The maximum absolute atomic E-state index is 13.1. The largest absolute Gasteiger partial charge is 0.368 e. The van der Waals surface area contributed by atoms with Crippen molar-refractivity contribution in [2.24, 2.45) is 0 Å². The van der Waals surface area contributed by atoms with Crippen LogP contribution in [0.1, 0.15) is 15.9 Å². The van der Waals surface area contributed by atoms with Gasteiger partial charge in [0.2, 0.25) is 10.0 Å². The molecule has 1 amide bonds. The molecule has 0 atom stereocenters. The van der Waals surface area contributed by atoms with E-state index < -0.39 is 10.0 Å². The van der Waals surface area contributed by atoms with Gasteiger partial charge < -0.3 is 9.80 Å². The van der Waals surface area contributed by atoms with E-state index in [4.69, 9.17) is 0 Å². The molecular weight excluding hydrogens is 369 g/mol. The van der Waals surface area contributed by atoms with E-state index >= 15 is 0 Å². The first-order valence-electron chi connectivity index (χ1n) is 8.62. The number of nitrogens with one attached hydrogen (secondary N) is 1. The monoisotopic (exact) mass is 391 g/mol. The van der Waals surface area contributed by atoms with Gasteiger partial charge in [0.15, 0.2) is 0 Å². The number of nitrogens with zero attached hydrogens (tertiary/aromatic N) is 2. The molecule has 0 spiro atoms. The van der Waals surface area contributed by atoms with Gasteiger partial charge in [-0.2, -0.15) is 0 Å². The Hall–Kier alpha value is -2.61. The lowest BCUT2D eigenvalue weighted by atomic mass is 10.1. The van der Waals surface area contributed by atoms with Crippen molar-refractivity contribution in [1.29, 1.82) is 0 Å². The van der Waals surface area contributed by atoms with Crippen LogP contribution in [-0.2, 0) is 10.0 Å². The standard InChI is InChI=1S/C19H22FN3O3S/c1-14-17(4-3-5-18(14)21-27(2,25)26)19(24)23-12-10-22(11-13-23)16-8-6-15(20)7-9-16/h3-9,21H,10-13H2,1-2H3. The third-order valence-electron chi connectivity index (χ3n) is 4.62. The SMILES string of the molecule is Cc1c(NS(C)(=O)=O)cccc1C(=O)N1CCN(c2ccc(F)cc2)CC1. The van der Waals surface area contributed by atoms with Gasteiger partial charge in [0, 0.05) is 37.4 Å². The molecule has 0 aromatic heterocycles. The lowest BCUT2D eigenvalue weighted by Gasteiger charge is -2.36. The predicted octanol–water partition coefficient (Wildman–Crippen LogP) is 2.47. The Labute approximate surface area is 158 Å². The van der Waals surface area contributed by atoms with Crippen LogP contribution in [0.5, 0.6) is 0 Å². The van der Waals surface area contributed by atoms with Gasteiger partial charge in [0.1, 0.15) is 5.82 Å². The maximum atomic E-state index is 13.1. The fourth-order valence-corrected chi connectivity index (χ4v) is 3.79. The van der Waals surface area contributed by atoms with Crippen LogP contribution in [0.3, 0.4) is 0 Å². The Morgan fingerprint density at radius 3 is 2.26 bits per heavy atom. The van der Waals surface area contributed by atoms with Gasteiger partial charge >= 0.3 is 0 Å². The number of sulfonamides is 1. The van der Waals surface area contributed by atoms with Crippen LogP contribution in [0, 0.1) is 12.7 Å². The summed E-state index contributed by atoms with van der Waals surface area (Å²) in [5.41, 5.74) is 2.43. The Morgan fingerprint density at radius 1 is 1.04 bits per heavy atom. The van der Waals surface area contributed by atoms with Crippen molar-refractivity contribution in [3.8, 4) is 0 Å². The third kappa shape index (κ3) is 4.57. The Morgan fingerprint density at radius 2 is 1.67 bits per heavy atom. The quantitative estimate of drug-likeness (QED) is 0.869. The first-order valence-corrected chi connectivity index (χ1v) is 10.5. The van der Waals surface area contributed by atoms with Crippen molar-refractivity contribution in [1.82, 2.24) is 4.90 Å². The van der Waals surface area contributed by atoms with Crippen molar-refractivity contribution in [3.63, 3.8) is 0 Å². The Bertz CT molecular complexity index is 937. The highest BCUT2D eigenvalue weighted by atomic mass is 32.2. The Balaban J connectivity index is 1.71. The summed E-state index contributed by atoms with van der Waals surface area (Å²) in [6.45, 7) is 4.11. The minimum Gasteiger partial charge on any atom is -0.368 e. The molecule has 1 saturated heterocycles. The molecule has 0 saturated carbocycles. The second kappa shape index (κ2) is 7.56. The van der Waals surface area contributed by atoms with Crippen LogP contribution in [-0.4, -0.2) is 51.7 Å². The number of amides is 1. The minimum atomic E-state index is -3.42. The van der Waals surface area contributed by atoms with Gasteiger partial charge in [0.05, 0.1) is 11.9 Å². The highest BCUT2D eigenvalue weighted by Gasteiger charge is 2.24. The van der Waals surface area contributed by atoms with E-state index in [1.807, 2.05) is 0 Å². The molecule has 1 aliphatic heterocycles. The summed E-state index contributed by atoms with van der Waals surface area (Å²) >= 11 is 0. The molecular formula is C19H22FN3O3S. The van der Waals surface area contributed by atoms with Crippen molar-refractivity contribution >= 4 is 27.3 Å². The van der Waals surface area contributed by atoms with E-state index in [-0.39, 0.29) is 11.7 Å². The molecule has 2 aromatic rings. The first kappa shape index (κ1) is 19.2. The number of halogens is 1. The molecule has 0 bridgehead atoms. The molecule has 8 heteroatoms. The summed E-state index contributed by atoms with van der Waals surface area (Å²) in [5.74, 6) is -0.394. The fraction of sp³-hybridized carbons (Fsp3) is 0.316. The zero-order valence-corrected chi connectivity index (χ0v) is 16.1. The Kier molecular flexibility index (Phi) is 5.36. The smallest absolute Gasteiger partial charge is 0.254 e. The normalized spacial score (nSPS) is 14.9. The van der Waals surface area contributed by atoms with Crippen molar-refractivity contribution in [2.45, 2.75) is 6.92 Å². The number of piperazine rings is 1. The molecule has 144 valence electrons. The van der Waals surface area contributed by atoms with Crippen LogP contribution in [0.4, 0.5) is 15.8 Å². The van der Waals surface area contributed by atoms with Gasteiger partial charge in [-0.05, 0) is 48.9 Å². The molecule has 0 unspecified atom stereocenters. The number of hydrogen-bond acceptors (Lipinski definition) is 4. The highest BCUT2D eigenvalue weighted by molar-refractivity contribution is 7.92. The van der Waals surface area contributed by atoms with Crippen molar-refractivity contribution < 1.29 is 17.6 Å². The predicted molar refractivity (Wildman–Crippen MR) is 104 cm³/mol. The second-order valence-corrected chi connectivity index (χ2v) is 8.36. The number of anilines is 2. The molecule has 1 N–H and O–H groups in total. The van der Waals surface area contributed by atoms with Gasteiger partial charge in [-0.3, -0.25) is 9.52 Å². The summed E-state index contributed by atoms with van der Waals surface area (Å²) in [6.07, 6.45) is 1.08. The molecule has 1 aliphatic rings. The van der Waals surface area contributed by atoms with Crippen LogP contribution in [0.25, 0.3) is 0 Å². The molecule has 0 radical (unpaired) electrons. The summed E-state index contributed by atoms with van der Waals surface area (Å²) in [5, 5.41) is 0. The average Bonchev–Trinajstić information content (AvgIpc) is 2.63. The van der Waals surface area contributed by atoms with Crippen molar-refractivity contribution in [2.75, 3.05) is 42.1 Å². The van der Waals surface area contributed by atoms with Crippen LogP contribution >= 0.6 is 0 Å². The number of rotatable bonds is 4. The minimum absolute atomic E-state index is 0.122. The van der Waals surface area contributed by atoms with E-state index in [0.29, 0.717) is 43.0 Å². The van der Waals surface area contributed by atoms with Crippen molar-refractivity contribution in [3.05, 3.63) is 59.4 Å². The first-order chi connectivity index (χ1) is 12.7. The van der Waals surface area contributed by atoms with E-state index in [1.54, 1.807) is 42.2 Å². The topological polar surface area (TPSA) is 69.7 Å². The third-order valence-corrected chi connectivity index (χ3v) is 5.21. The van der Waals surface area contributed by atoms with Gasteiger partial charge in [-0.25, -0.2) is 12.8 Å². The molecule has 2 aromatic carbocycles. The van der Waals surface area contributed by atoms with Crippen LogP contribution < -0.4 is 9.62 Å². The van der Waals surface area contributed by atoms with Crippen LogP contribution in [0.15, 0.2) is 42.5 Å². The lowest BCUT2D eigenvalue weighted by molar-refractivity contribution is 0.0746. The van der Waals surface area contributed by atoms with Gasteiger partial charge in [0.25, 0.3) is 5.91 Å². The van der Waals surface area contributed by atoms with E-state index in [1.165, 1.54) is 12.1 Å². The molecule has 1 heterocycles. The van der Waals surface area contributed by atoms with E-state index in [9.17, 15) is 17.6 Å². The zero-order chi connectivity index (χ0) is 19.6. The molecule has 6 nitrogen and oxygen atoms in total. The number of carbonyl (C=O) groups is 1. The van der Waals surface area contributed by atoms with Gasteiger partial charge in [-0.15, -0.1) is 0 Å². The number of carbonyl (C=O) groups excluding carboxylic acids is 1. The summed E-state index contributed by atoms with van der Waals surface area (Å²) < 4.78 is 38.5. The summed E-state index contributed by atoms with van der Waals surface area (Å²) in [6, 6.07) is 11.3. The average molecular weight is 391 g/mol. The second-order valence-electron chi connectivity index (χ2n) is 6.61. The zero-order valence-electron chi connectivity index (χ0n) is 15.3. The van der Waals surface area contributed by atoms with E-state index in [2.05, 4.69) is 9.62 Å². The molecule has 1 fully saturated rings. The molecule has 3 rings (SSSR count). The summed E-state index contributed by atoms with van der Waals surface area (Å²) in [4.78, 5) is 16.8. The lowest BCUT2D eigenvalue weighted by Crippen LogP contribution is -2.49. The molecule has 0 aliphatic carbocycles. The summed E-state index contributed by atoms with van der Waals surface area (Å²) in [7, 11) is -3.42.